The molecule has 0 atom stereocenters. The largest absolute Gasteiger partial charge is 0.488 e. The van der Waals surface area contributed by atoms with Gasteiger partial charge in [0.05, 0.1) is 10.7 Å². The number of rotatable bonds is 5. The lowest BCUT2D eigenvalue weighted by Gasteiger charge is -2.10. The summed E-state index contributed by atoms with van der Waals surface area (Å²) in [6.07, 6.45) is 1.61. The normalized spacial score (nSPS) is 10.6. The second-order valence-corrected chi connectivity index (χ2v) is 6.01. The molecule has 0 saturated carbocycles. The first-order valence-electron chi connectivity index (χ1n) is 6.30. The van der Waals surface area contributed by atoms with Crippen LogP contribution in [0.3, 0.4) is 0 Å². The molecule has 0 heterocycles. The van der Waals surface area contributed by atoms with Gasteiger partial charge in [-0.25, -0.2) is 0 Å². The maximum absolute atomic E-state index is 6.10. The molecule has 22 heavy (non-hydrogen) atoms. The fraction of sp³-hybridized carbons (Fsp3) is 0.0667. The van der Waals surface area contributed by atoms with Crippen LogP contribution in [0, 0.1) is 0 Å². The zero-order valence-electron chi connectivity index (χ0n) is 11.4. The topological polar surface area (TPSA) is 59.6 Å². The van der Waals surface area contributed by atoms with Gasteiger partial charge in [-0.1, -0.05) is 29.8 Å². The first kappa shape index (κ1) is 16.7. The molecule has 114 valence electrons. The molecule has 0 aliphatic rings. The van der Waals surface area contributed by atoms with Crippen LogP contribution in [0.15, 0.2) is 52.0 Å². The number of halogens is 2. The summed E-state index contributed by atoms with van der Waals surface area (Å²) in [5.74, 6) is 0.722. The summed E-state index contributed by atoms with van der Waals surface area (Å²) in [4.78, 5) is 0. The fourth-order valence-corrected chi connectivity index (χ4v) is 2.41. The number of ether oxygens (including phenoxy) is 1. The van der Waals surface area contributed by atoms with Gasteiger partial charge in [0.1, 0.15) is 12.4 Å². The molecule has 4 nitrogen and oxygen atoms in total. The van der Waals surface area contributed by atoms with Crippen LogP contribution in [-0.4, -0.2) is 11.3 Å². The monoisotopic (exact) mass is 397 g/mol. The Hall–Kier alpha value is -1.63. The van der Waals surface area contributed by atoms with E-state index in [1.54, 1.807) is 6.21 Å². The van der Waals surface area contributed by atoms with Crippen molar-refractivity contribution in [2.45, 2.75) is 6.61 Å². The maximum Gasteiger partial charge on any atom is 0.184 e. The van der Waals surface area contributed by atoms with E-state index >= 15 is 0 Å². The van der Waals surface area contributed by atoms with Crippen LogP contribution in [-0.2, 0) is 6.61 Å². The Morgan fingerprint density at radius 3 is 2.82 bits per heavy atom. The van der Waals surface area contributed by atoms with Crippen LogP contribution < -0.4 is 15.9 Å². The Labute approximate surface area is 147 Å². The number of nitrogens with two attached hydrogens (primary N) is 1. The fourth-order valence-electron chi connectivity index (χ4n) is 1.66. The van der Waals surface area contributed by atoms with Crippen molar-refractivity contribution in [2.75, 3.05) is 0 Å². The molecule has 0 amide bonds. The van der Waals surface area contributed by atoms with E-state index in [2.05, 4.69) is 38.7 Å². The molecule has 0 radical (unpaired) electrons. The van der Waals surface area contributed by atoms with E-state index in [0.717, 1.165) is 21.3 Å². The first-order chi connectivity index (χ1) is 10.6. The second-order valence-electron chi connectivity index (χ2n) is 4.30. The molecule has 0 aliphatic carbocycles. The summed E-state index contributed by atoms with van der Waals surface area (Å²) in [6.45, 7) is 0.398. The summed E-state index contributed by atoms with van der Waals surface area (Å²) in [7, 11) is 0. The van der Waals surface area contributed by atoms with Crippen LogP contribution in [0.4, 0.5) is 0 Å². The molecule has 0 spiro atoms. The lowest BCUT2D eigenvalue weighted by molar-refractivity contribution is 0.304. The lowest BCUT2D eigenvalue weighted by atomic mass is 10.2. The Kier molecular flexibility index (Phi) is 6.18. The summed E-state index contributed by atoms with van der Waals surface area (Å²) < 4.78 is 6.59. The van der Waals surface area contributed by atoms with Gasteiger partial charge in [0, 0.05) is 10.6 Å². The molecule has 3 N–H and O–H groups in total. The van der Waals surface area contributed by atoms with Crippen molar-refractivity contribution in [1.82, 2.24) is 5.43 Å². The molecule has 0 aliphatic heterocycles. The average Bonchev–Trinajstić information content (AvgIpc) is 2.47. The van der Waals surface area contributed by atoms with Gasteiger partial charge in [-0.3, -0.25) is 5.43 Å². The van der Waals surface area contributed by atoms with Crippen LogP contribution >= 0.6 is 39.7 Å². The minimum atomic E-state index is 0.120. The number of hydrogen-bond acceptors (Lipinski definition) is 3. The van der Waals surface area contributed by atoms with Crippen molar-refractivity contribution in [1.29, 1.82) is 0 Å². The molecular weight excluding hydrogens is 386 g/mol. The molecule has 2 aromatic rings. The van der Waals surface area contributed by atoms with Crippen molar-refractivity contribution in [3.05, 3.63) is 63.1 Å². The zero-order valence-corrected chi connectivity index (χ0v) is 14.6. The van der Waals surface area contributed by atoms with E-state index < -0.39 is 0 Å². The Morgan fingerprint density at radius 1 is 1.36 bits per heavy atom. The number of hydrazone groups is 1. The van der Waals surface area contributed by atoms with Crippen molar-refractivity contribution < 1.29 is 4.74 Å². The highest BCUT2D eigenvalue weighted by Crippen LogP contribution is 2.27. The SMILES string of the molecule is NC(=S)N/N=C\c1ccc(OCc2ccccc2Cl)c(Br)c1. The van der Waals surface area contributed by atoms with Crippen LogP contribution in [0.5, 0.6) is 5.75 Å². The standard InChI is InChI=1S/C15H13BrClN3OS/c16-12-7-10(8-19-20-15(18)22)5-6-14(12)21-9-11-3-1-2-4-13(11)17/h1-8H,9H2,(H3,18,20,22)/b19-8-. The third-order valence-electron chi connectivity index (χ3n) is 2.69. The minimum absolute atomic E-state index is 0.120. The second kappa shape index (κ2) is 8.12. The maximum atomic E-state index is 6.10. The average molecular weight is 399 g/mol. The molecule has 0 aromatic heterocycles. The van der Waals surface area contributed by atoms with Crippen LogP contribution in [0.25, 0.3) is 0 Å². The number of thiocarbonyl (C=S) groups is 1. The third-order valence-corrected chi connectivity index (χ3v) is 3.77. The van der Waals surface area contributed by atoms with E-state index in [4.69, 9.17) is 22.1 Å². The van der Waals surface area contributed by atoms with Crippen molar-refractivity contribution >= 4 is 51.1 Å². The highest BCUT2D eigenvalue weighted by Gasteiger charge is 2.04. The highest BCUT2D eigenvalue weighted by molar-refractivity contribution is 9.10. The molecule has 0 saturated heterocycles. The number of nitrogens with one attached hydrogen (secondary N) is 1. The quantitative estimate of drug-likeness (QED) is 0.456. The minimum Gasteiger partial charge on any atom is -0.488 e. The van der Waals surface area contributed by atoms with E-state index in [1.165, 1.54) is 0 Å². The van der Waals surface area contributed by atoms with Gasteiger partial charge < -0.3 is 10.5 Å². The van der Waals surface area contributed by atoms with E-state index in [-0.39, 0.29) is 5.11 Å². The van der Waals surface area contributed by atoms with E-state index in [0.29, 0.717) is 11.6 Å². The summed E-state index contributed by atoms with van der Waals surface area (Å²) in [5.41, 5.74) is 9.59. The Balaban J connectivity index is 2.02. The highest BCUT2D eigenvalue weighted by atomic mass is 79.9. The molecule has 2 aromatic carbocycles. The molecule has 2 rings (SSSR count). The van der Waals surface area contributed by atoms with Gasteiger partial charge in [0.25, 0.3) is 0 Å². The van der Waals surface area contributed by atoms with E-state index in [9.17, 15) is 0 Å². The molecule has 0 bridgehead atoms. The van der Waals surface area contributed by atoms with Crippen molar-refractivity contribution in [3.8, 4) is 5.75 Å². The zero-order chi connectivity index (χ0) is 15.9. The van der Waals surface area contributed by atoms with Gasteiger partial charge >= 0.3 is 0 Å². The predicted octanol–water partition coefficient (Wildman–Crippen LogP) is 3.85. The van der Waals surface area contributed by atoms with Crippen LogP contribution in [0.1, 0.15) is 11.1 Å². The number of nitrogens with zero attached hydrogens (tertiary/aromatic N) is 1. The van der Waals surface area contributed by atoms with Crippen molar-refractivity contribution in [3.63, 3.8) is 0 Å². The summed E-state index contributed by atoms with van der Waals surface area (Å²) >= 11 is 14.2. The van der Waals surface area contributed by atoms with Crippen LogP contribution in [0.2, 0.25) is 5.02 Å². The molecule has 7 heteroatoms. The number of benzene rings is 2. The smallest absolute Gasteiger partial charge is 0.184 e. The summed E-state index contributed by atoms with van der Waals surface area (Å²) in [6, 6.07) is 13.2. The Bertz CT molecular complexity index is 709. The van der Waals surface area contributed by atoms with Gasteiger partial charge in [-0.05, 0) is 58.0 Å². The number of hydrogen-bond donors (Lipinski definition) is 2. The van der Waals surface area contributed by atoms with Gasteiger partial charge in [-0.15, -0.1) is 0 Å². The molecule has 0 fully saturated rings. The van der Waals surface area contributed by atoms with Crippen molar-refractivity contribution in [2.24, 2.45) is 10.8 Å². The van der Waals surface area contributed by atoms with Gasteiger partial charge in [-0.2, -0.15) is 5.10 Å². The van der Waals surface area contributed by atoms with E-state index in [1.807, 2.05) is 42.5 Å². The van der Waals surface area contributed by atoms with Gasteiger partial charge in [0.15, 0.2) is 5.11 Å². The molecular formula is C15H13BrClN3OS. The van der Waals surface area contributed by atoms with Gasteiger partial charge in [0.2, 0.25) is 0 Å². The lowest BCUT2D eigenvalue weighted by Crippen LogP contribution is -2.23. The third kappa shape index (κ3) is 4.98. The molecule has 0 unspecified atom stereocenters. The summed E-state index contributed by atoms with van der Waals surface area (Å²) in [5, 5.41) is 4.70. The predicted molar refractivity (Wildman–Crippen MR) is 97.4 cm³/mol. The first-order valence-corrected chi connectivity index (χ1v) is 7.88. The Morgan fingerprint density at radius 2 is 2.14 bits per heavy atom.